The lowest BCUT2D eigenvalue weighted by molar-refractivity contribution is 0.265. The molecule has 0 aromatic heterocycles. The topological polar surface area (TPSA) is 12.0 Å². The third kappa shape index (κ3) is 5.64. The lowest BCUT2D eigenvalue weighted by Gasteiger charge is -2.29. The number of rotatable bonds is 7. The van der Waals surface area contributed by atoms with Gasteiger partial charge in [-0.15, -0.1) is 0 Å². The van der Waals surface area contributed by atoms with Crippen molar-refractivity contribution in [3.8, 4) is 0 Å². The molecule has 0 aliphatic carbocycles. The largest absolute Gasteiger partial charge is 0.313 e. The average molecular weight is 199 g/mol. The Kier molecular flexibility index (Phi) is 7.26. The summed E-state index contributed by atoms with van der Waals surface area (Å²) in [7, 11) is 0. The molecular formula is C13H29N. The van der Waals surface area contributed by atoms with Gasteiger partial charge in [0.25, 0.3) is 0 Å². The Morgan fingerprint density at radius 3 is 1.93 bits per heavy atom. The second kappa shape index (κ2) is 7.28. The van der Waals surface area contributed by atoms with Crippen molar-refractivity contribution in [3.63, 3.8) is 0 Å². The minimum atomic E-state index is 0.692. The summed E-state index contributed by atoms with van der Waals surface area (Å²) in [6.07, 6.45) is 2.57. The Morgan fingerprint density at radius 1 is 1.00 bits per heavy atom. The first-order valence-corrected chi connectivity index (χ1v) is 6.22. The molecule has 0 aliphatic heterocycles. The van der Waals surface area contributed by atoms with Crippen LogP contribution in [-0.4, -0.2) is 12.6 Å². The molecule has 1 nitrogen and oxygen atoms in total. The Labute approximate surface area is 90.7 Å². The van der Waals surface area contributed by atoms with Crippen molar-refractivity contribution in [2.24, 2.45) is 17.8 Å². The van der Waals surface area contributed by atoms with E-state index in [-0.39, 0.29) is 0 Å². The molecule has 0 saturated heterocycles. The van der Waals surface area contributed by atoms with E-state index < -0.39 is 0 Å². The van der Waals surface area contributed by atoms with Crippen LogP contribution in [0, 0.1) is 17.8 Å². The molecule has 86 valence electrons. The van der Waals surface area contributed by atoms with Gasteiger partial charge in [-0.3, -0.25) is 0 Å². The Morgan fingerprint density at radius 2 is 1.57 bits per heavy atom. The van der Waals surface area contributed by atoms with Gasteiger partial charge in [-0.1, -0.05) is 41.5 Å². The highest BCUT2D eigenvalue weighted by molar-refractivity contribution is 4.77. The minimum absolute atomic E-state index is 0.692. The highest BCUT2D eigenvalue weighted by atomic mass is 14.9. The van der Waals surface area contributed by atoms with Gasteiger partial charge in [0.15, 0.2) is 0 Å². The average Bonchev–Trinajstić information content (AvgIpc) is 2.02. The number of nitrogens with one attached hydrogen (secondary N) is 1. The Bertz CT molecular complexity index is 129. The molecule has 1 N–H and O–H groups in total. The molecule has 0 bridgehead atoms. The summed E-state index contributed by atoms with van der Waals surface area (Å²) < 4.78 is 0. The van der Waals surface area contributed by atoms with Gasteiger partial charge in [0.2, 0.25) is 0 Å². The van der Waals surface area contributed by atoms with Gasteiger partial charge in [0.05, 0.1) is 0 Å². The van der Waals surface area contributed by atoms with Crippen LogP contribution in [0.3, 0.4) is 0 Å². The third-order valence-corrected chi connectivity index (χ3v) is 2.80. The fourth-order valence-electron chi connectivity index (χ4n) is 2.30. The molecule has 0 aromatic rings. The third-order valence-electron chi connectivity index (χ3n) is 2.80. The van der Waals surface area contributed by atoms with Crippen LogP contribution >= 0.6 is 0 Å². The molecule has 0 spiro atoms. The summed E-state index contributed by atoms with van der Waals surface area (Å²) in [6, 6.07) is 0.692. The van der Waals surface area contributed by atoms with Crippen LogP contribution in [0.2, 0.25) is 0 Å². The predicted molar refractivity (Wildman–Crippen MR) is 65.5 cm³/mol. The van der Waals surface area contributed by atoms with Crippen molar-refractivity contribution < 1.29 is 0 Å². The van der Waals surface area contributed by atoms with E-state index in [1.54, 1.807) is 0 Å². The van der Waals surface area contributed by atoms with Crippen molar-refractivity contribution in [2.75, 3.05) is 6.54 Å². The summed E-state index contributed by atoms with van der Waals surface area (Å²) >= 11 is 0. The normalized spacial score (nSPS) is 16.3. The molecule has 0 rings (SSSR count). The monoisotopic (exact) mass is 199 g/mol. The van der Waals surface area contributed by atoms with Crippen LogP contribution in [0.15, 0.2) is 0 Å². The van der Waals surface area contributed by atoms with E-state index in [4.69, 9.17) is 0 Å². The van der Waals surface area contributed by atoms with Crippen LogP contribution in [0.25, 0.3) is 0 Å². The van der Waals surface area contributed by atoms with Crippen LogP contribution in [0.4, 0.5) is 0 Å². The molecule has 1 heteroatoms. The highest BCUT2D eigenvalue weighted by Crippen LogP contribution is 2.20. The first-order valence-electron chi connectivity index (χ1n) is 6.22. The van der Waals surface area contributed by atoms with Crippen molar-refractivity contribution in [1.29, 1.82) is 0 Å². The summed E-state index contributed by atoms with van der Waals surface area (Å²) in [5.74, 6) is 2.35. The summed E-state index contributed by atoms with van der Waals surface area (Å²) in [5.41, 5.74) is 0. The molecule has 0 saturated carbocycles. The first kappa shape index (κ1) is 14.0. The maximum atomic E-state index is 3.67. The molecule has 2 unspecified atom stereocenters. The Hall–Kier alpha value is -0.0400. The summed E-state index contributed by atoms with van der Waals surface area (Å²) in [6.45, 7) is 15.0. The fourth-order valence-corrected chi connectivity index (χ4v) is 2.30. The summed E-state index contributed by atoms with van der Waals surface area (Å²) in [4.78, 5) is 0. The fraction of sp³-hybridized carbons (Fsp3) is 1.00. The maximum absolute atomic E-state index is 3.67. The highest BCUT2D eigenvalue weighted by Gasteiger charge is 2.20. The van der Waals surface area contributed by atoms with E-state index in [0.29, 0.717) is 6.04 Å². The molecule has 0 aliphatic rings. The van der Waals surface area contributed by atoms with Crippen molar-refractivity contribution >= 4 is 0 Å². The maximum Gasteiger partial charge on any atom is 0.0116 e. The molecular weight excluding hydrogens is 170 g/mol. The Balaban J connectivity index is 4.04. The molecule has 0 radical (unpaired) electrons. The van der Waals surface area contributed by atoms with Gasteiger partial charge in [-0.2, -0.15) is 0 Å². The molecule has 0 aromatic carbocycles. The smallest absolute Gasteiger partial charge is 0.0116 e. The van der Waals surface area contributed by atoms with E-state index in [2.05, 4.69) is 46.9 Å². The molecule has 0 fully saturated rings. The second-order valence-corrected chi connectivity index (χ2v) is 5.33. The predicted octanol–water partition coefficient (Wildman–Crippen LogP) is 3.69. The van der Waals surface area contributed by atoms with Gasteiger partial charge in [-0.05, 0) is 37.1 Å². The number of hydrogen-bond donors (Lipinski definition) is 1. The van der Waals surface area contributed by atoms with E-state index in [9.17, 15) is 0 Å². The first-order chi connectivity index (χ1) is 6.49. The SMILES string of the molecule is CCCNC(C(C)C)C(C)CC(C)C. The molecule has 14 heavy (non-hydrogen) atoms. The zero-order chi connectivity index (χ0) is 11.1. The molecule has 0 amide bonds. The summed E-state index contributed by atoms with van der Waals surface area (Å²) in [5, 5.41) is 3.67. The minimum Gasteiger partial charge on any atom is -0.313 e. The van der Waals surface area contributed by atoms with Gasteiger partial charge in [0, 0.05) is 6.04 Å². The van der Waals surface area contributed by atoms with Crippen LogP contribution in [-0.2, 0) is 0 Å². The number of hydrogen-bond acceptors (Lipinski definition) is 1. The molecule has 0 heterocycles. The van der Waals surface area contributed by atoms with Crippen molar-refractivity contribution in [2.45, 2.75) is 60.4 Å². The van der Waals surface area contributed by atoms with Crippen LogP contribution < -0.4 is 5.32 Å². The van der Waals surface area contributed by atoms with E-state index >= 15 is 0 Å². The van der Waals surface area contributed by atoms with Gasteiger partial charge >= 0.3 is 0 Å². The van der Waals surface area contributed by atoms with E-state index in [1.165, 1.54) is 12.8 Å². The van der Waals surface area contributed by atoms with E-state index in [0.717, 1.165) is 24.3 Å². The van der Waals surface area contributed by atoms with E-state index in [1.807, 2.05) is 0 Å². The van der Waals surface area contributed by atoms with Crippen molar-refractivity contribution in [3.05, 3.63) is 0 Å². The quantitative estimate of drug-likeness (QED) is 0.659. The van der Waals surface area contributed by atoms with Gasteiger partial charge in [0.1, 0.15) is 0 Å². The van der Waals surface area contributed by atoms with Gasteiger partial charge in [-0.25, -0.2) is 0 Å². The second-order valence-electron chi connectivity index (χ2n) is 5.33. The lowest BCUT2D eigenvalue weighted by Crippen LogP contribution is -2.40. The lowest BCUT2D eigenvalue weighted by atomic mass is 9.86. The van der Waals surface area contributed by atoms with Crippen LogP contribution in [0.1, 0.15) is 54.4 Å². The van der Waals surface area contributed by atoms with Crippen LogP contribution in [0.5, 0.6) is 0 Å². The molecule has 2 atom stereocenters. The zero-order valence-electron chi connectivity index (χ0n) is 10.9. The van der Waals surface area contributed by atoms with Crippen molar-refractivity contribution in [1.82, 2.24) is 5.32 Å². The van der Waals surface area contributed by atoms with Gasteiger partial charge < -0.3 is 5.32 Å². The standard InChI is InChI=1S/C13H29N/c1-7-8-14-13(11(4)5)12(6)9-10(2)3/h10-14H,7-9H2,1-6H3. The zero-order valence-corrected chi connectivity index (χ0v) is 10.9.